The van der Waals surface area contributed by atoms with Crippen LogP contribution in [0.5, 0.6) is 0 Å². The summed E-state index contributed by atoms with van der Waals surface area (Å²) in [5, 5.41) is 12.0. The lowest BCUT2D eigenvalue weighted by Crippen LogP contribution is -2.38. The quantitative estimate of drug-likeness (QED) is 0.204. The molecule has 0 bridgehead atoms. The summed E-state index contributed by atoms with van der Waals surface area (Å²) in [4.78, 5) is 44.4. The predicted octanol–water partition coefficient (Wildman–Crippen LogP) is 6.49. The van der Waals surface area contributed by atoms with Crippen LogP contribution in [0, 0.1) is 16.0 Å². The van der Waals surface area contributed by atoms with Gasteiger partial charge in [0, 0.05) is 19.2 Å². The van der Waals surface area contributed by atoms with Crippen molar-refractivity contribution >= 4 is 29.6 Å². The number of anilines is 2. The van der Waals surface area contributed by atoms with E-state index in [2.05, 4.69) is 4.98 Å². The maximum absolute atomic E-state index is 13.3. The number of hydrogen-bond donors (Lipinski definition) is 0. The van der Waals surface area contributed by atoms with Gasteiger partial charge in [0.1, 0.15) is 17.0 Å². The van der Waals surface area contributed by atoms with Gasteiger partial charge >= 0.3 is 17.9 Å². The van der Waals surface area contributed by atoms with Gasteiger partial charge < -0.3 is 19.1 Å². The number of benzene rings is 1. The van der Waals surface area contributed by atoms with E-state index in [1.54, 1.807) is 47.6 Å². The molecule has 2 aromatic rings. The lowest BCUT2D eigenvalue weighted by Gasteiger charge is -2.33. The van der Waals surface area contributed by atoms with Gasteiger partial charge in [-0.3, -0.25) is 15.0 Å². The Morgan fingerprint density at radius 3 is 2.20 bits per heavy atom. The van der Waals surface area contributed by atoms with E-state index in [4.69, 9.17) is 14.2 Å². The number of amides is 1. The average Bonchev–Trinajstić information content (AvgIpc) is 2.86. The maximum Gasteiger partial charge on any atom is 0.508 e. The molecule has 40 heavy (non-hydrogen) atoms. The van der Waals surface area contributed by atoms with Crippen LogP contribution in [-0.4, -0.2) is 53.1 Å². The van der Waals surface area contributed by atoms with E-state index in [0.29, 0.717) is 24.8 Å². The molecule has 3 rings (SSSR count). The number of piperidine rings is 1. The second-order valence-electron chi connectivity index (χ2n) is 11.9. The molecule has 1 aromatic heterocycles. The molecule has 11 heteroatoms. The largest absolute Gasteiger partial charge is 0.508 e. The number of hydrogen-bond acceptors (Lipinski definition) is 9. The second kappa shape index (κ2) is 13.0. The van der Waals surface area contributed by atoms with E-state index in [1.165, 1.54) is 11.0 Å². The van der Waals surface area contributed by atoms with E-state index < -0.39 is 28.4 Å². The first-order chi connectivity index (χ1) is 18.7. The third-order valence-electron chi connectivity index (χ3n) is 6.16. The van der Waals surface area contributed by atoms with Crippen LogP contribution < -0.4 is 9.80 Å². The predicted molar refractivity (Wildman–Crippen MR) is 151 cm³/mol. The molecule has 1 amide bonds. The summed E-state index contributed by atoms with van der Waals surface area (Å²) >= 11 is 0. The normalized spacial score (nSPS) is 14.4. The third-order valence-corrected chi connectivity index (χ3v) is 6.16. The van der Waals surface area contributed by atoms with Crippen LogP contribution in [0.4, 0.5) is 26.9 Å². The minimum absolute atomic E-state index is 0.0616. The zero-order valence-electron chi connectivity index (χ0n) is 24.2. The molecule has 1 saturated heterocycles. The number of aromatic nitrogens is 1. The van der Waals surface area contributed by atoms with Crippen LogP contribution in [0.15, 0.2) is 42.5 Å². The summed E-state index contributed by atoms with van der Waals surface area (Å²) in [5.41, 5.74) is -0.892. The molecule has 1 aliphatic rings. The maximum atomic E-state index is 13.3. The molecule has 0 atom stereocenters. The standard InChI is InChI=1S/C29H40N4O7/c1-28(2,3)39-26(34)32(20-22-10-8-7-9-11-22)25-23(33(36)37)12-13-24(30-25)31-17-14-21(15-18-31)16-19-38-27(35)40-29(4,5)6/h7-13,21H,14-20H2,1-6H3. The highest BCUT2D eigenvalue weighted by molar-refractivity contribution is 5.89. The topological polar surface area (TPSA) is 124 Å². The Bertz CT molecular complexity index is 1170. The number of carbonyl (C=O) groups is 2. The molecule has 0 aliphatic carbocycles. The van der Waals surface area contributed by atoms with Crippen molar-refractivity contribution in [2.24, 2.45) is 5.92 Å². The van der Waals surface area contributed by atoms with Crippen molar-refractivity contribution in [3.63, 3.8) is 0 Å². The van der Waals surface area contributed by atoms with Crippen molar-refractivity contribution in [1.29, 1.82) is 0 Å². The first-order valence-corrected chi connectivity index (χ1v) is 13.5. The SMILES string of the molecule is CC(C)(C)OC(=O)OCCC1CCN(c2ccc([N+](=O)[O-])c(N(Cc3ccccc3)C(=O)OC(C)(C)C)n2)CC1. The molecular weight excluding hydrogens is 516 g/mol. The summed E-state index contributed by atoms with van der Waals surface area (Å²) in [7, 11) is 0. The van der Waals surface area contributed by atoms with E-state index in [1.807, 2.05) is 35.2 Å². The van der Waals surface area contributed by atoms with Gasteiger partial charge in [0.05, 0.1) is 18.1 Å². The summed E-state index contributed by atoms with van der Waals surface area (Å²) in [5.74, 6) is 0.840. The smallest absolute Gasteiger partial charge is 0.443 e. The van der Waals surface area contributed by atoms with Crippen molar-refractivity contribution in [3.05, 3.63) is 58.1 Å². The molecule has 0 N–H and O–H groups in total. The Labute approximate surface area is 235 Å². The van der Waals surface area contributed by atoms with Gasteiger partial charge in [0.2, 0.25) is 5.82 Å². The van der Waals surface area contributed by atoms with E-state index in [-0.39, 0.29) is 24.7 Å². The highest BCUT2D eigenvalue weighted by Crippen LogP contribution is 2.33. The monoisotopic (exact) mass is 556 g/mol. The van der Waals surface area contributed by atoms with Crippen molar-refractivity contribution in [1.82, 2.24) is 4.98 Å². The summed E-state index contributed by atoms with van der Waals surface area (Å²) < 4.78 is 16.0. The Morgan fingerprint density at radius 2 is 1.62 bits per heavy atom. The zero-order valence-corrected chi connectivity index (χ0v) is 24.2. The van der Waals surface area contributed by atoms with Crippen molar-refractivity contribution in [2.75, 3.05) is 29.5 Å². The molecule has 0 spiro atoms. The van der Waals surface area contributed by atoms with Crippen LogP contribution in [-0.2, 0) is 20.8 Å². The molecular formula is C29H40N4O7. The van der Waals surface area contributed by atoms with Gasteiger partial charge in [-0.2, -0.15) is 0 Å². The fourth-order valence-electron chi connectivity index (χ4n) is 4.30. The molecule has 218 valence electrons. The van der Waals surface area contributed by atoms with Gasteiger partial charge in [-0.05, 0) is 78.4 Å². The molecule has 0 radical (unpaired) electrons. The van der Waals surface area contributed by atoms with Gasteiger partial charge in [-0.25, -0.2) is 14.6 Å². The Kier molecular flexibility index (Phi) is 9.94. The van der Waals surface area contributed by atoms with Gasteiger partial charge in [0.15, 0.2) is 0 Å². The van der Waals surface area contributed by atoms with E-state index >= 15 is 0 Å². The minimum atomic E-state index is -0.798. The van der Waals surface area contributed by atoms with Crippen LogP contribution >= 0.6 is 0 Å². The summed E-state index contributed by atoms with van der Waals surface area (Å²) in [6.07, 6.45) is 1.01. The zero-order chi connectivity index (χ0) is 29.5. The van der Waals surface area contributed by atoms with Gasteiger partial charge in [-0.1, -0.05) is 30.3 Å². The van der Waals surface area contributed by atoms with Crippen molar-refractivity contribution < 1.29 is 28.7 Å². The first-order valence-electron chi connectivity index (χ1n) is 13.5. The lowest BCUT2D eigenvalue weighted by molar-refractivity contribution is -0.384. The van der Waals surface area contributed by atoms with Gasteiger partial charge in [0.25, 0.3) is 0 Å². The first kappa shape index (κ1) is 30.6. The molecule has 0 saturated carbocycles. The average molecular weight is 557 g/mol. The summed E-state index contributed by atoms with van der Waals surface area (Å²) in [6, 6.07) is 12.2. The molecule has 1 aromatic carbocycles. The molecule has 11 nitrogen and oxygen atoms in total. The number of rotatable bonds is 8. The van der Waals surface area contributed by atoms with Crippen LogP contribution in [0.25, 0.3) is 0 Å². The van der Waals surface area contributed by atoms with E-state index in [0.717, 1.165) is 24.8 Å². The van der Waals surface area contributed by atoms with Crippen LogP contribution in [0.3, 0.4) is 0 Å². The summed E-state index contributed by atoms with van der Waals surface area (Å²) in [6.45, 7) is 12.3. The highest BCUT2D eigenvalue weighted by Gasteiger charge is 2.32. The molecule has 1 aliphatic heterocycles. The number of nitrogens with zero attached hydrogens (tertiary/aromatic N) is 4. The second-order valence-corrected chi connectivity index (χ2v) is 11.9. The molecule has 0 unspecified atom stereocenters. The van der Waals surface area contributed by atoms with Crippen molar-refractivity contribution in [3.8, 4) is 0 Å². The fraction of sp³-hybridized carbons (Fsp3) is 0.552. The number of carbonyl (C=O) groups excluding carboxylic acids is 2. The number of nitro groups is 1. The molecule has 2 heterocycles. The lowest BCUT2D eigenvalue weighted by atomic mass is 9.94. The van der Waals surface area contributed by atoms with E-state index in [9.17, 15) is 19.7 Å². The third kappa shape index (κ3) is 9.39. The number of ether oxygens (including phenoxy) is 3. The van der Waals surface area contributed by atoms with Crippen LogP contribution in [0.2, 0.25) is 0 Å². The highest BCUT2D eigenvalue weighted by atomic mass is 16.7. The van der Waals surface area contributed by atoms with Crippen LogP contribution in [0.1, 0.15) is 66.4 Å². The minimum Gasteiger partial charge on any atom is -0.443 e. The Hall–Kier alpha value is -3.89. The molecule has 1 fully saturated rings. The van der Waals surface area contributed by atoms with Crippen molar-refractivity contribution in [2.45, 2.75) is 78.6 Å². The Balaban J connectivity index is 1.75. The number of pyridine rings is 1. The van der Waals surface area contributed by atoms with Gasteiger partial charge in [-0.15, -0.1) is 0 Å². The fourth-order valence-corrected chi connectivity index (χ4v) is 4.30. The Morgan fingerprint density at radius 1 is 1.00 bits per heavy atom.